The van der Waals surface area contributed by atoms with Gasteiger partial charge >= 0.3 is 5.97 Å². The zero-order valence-corrected chi connectivity index (χ0v) is 13.8. The predicted molar refractivity (Wildman–Crippen MR) is 87.4 cm³/mol. The van der Waals surface area contributed by atoms with Crippen molar-refractivity contribution in [2.75, 3.05) is 18.5 Å². The maximum Gasteiger partial charge on any atom is 0.346 e. The van der Waals surface area contributed by atoms with Crippen molar-refractivity contribution in [2.24, 2.45) is 0 Å². The number of nitrogens with zero attached hydrogens (tertiary/aromatic N) is 1. The molecule has 0 aliphatic rings. The highest BCUT2D eigenvalue weighted by molar-refractivity contribution is 9.10. The Labute approximate surface area is 129 Å². The van der Waals surface area contributed by atoms with Crippen LogP contribution in [0.5, 0.6) is 0 Å². The van der Waals surface area contributed by atoms with Crippen LogP contribution in [0.1, 0.15) is 0 Å². The van der Waals surface area contributed by atoms with Crippen LogP contribution in [-0.2, 0) is 9.53 Å². The quantitative estimate of drug-likeness (QED) is 0.326. The van der Waals surface area contributed by atoms with Crippen LogP contribution in [0.2, 0.25) is 0 Å². The van der Waals surface area contributed by atoms with Gasteiger partial charge in [-0.25, -0.2) is 4.79 Å². The average Bonchev–Trinajstić information content (AvgIpc) is 2.83. The van der Waals surface area contributed by atoms with E-state index in [0.717, 1.165) is 10.2 Å². The summed E-state index contributed by atoms with van der Waals surface area (Å²) in [5.74, 6) is -0.364. The van der Waals surface area contributed by atoms with E-state index in [4.69, 9.17) is 4.74 Å². The number of hydrogen-bond acceptors (Lipinski definition) is 5. The van der Waals surface area contributed by atoms with Crippen molar-refractivity contribution in [1.82, 2.24) is 0 Å². The zero-order valence-electron chi connectivity index (χ0n) is 10.6. The molecule has 0 unspecified atom stereocenters. The molecule has 1 rings (SSSR count). The van der Waals surface area contributed by atoms with Gasteiger partial charge in [0, 0.05) is 17.8 Å². The molecular weight excluding hydrogens is 346 g/mol. The largest absolute Gasteiger partial charge is 0.465 e. The minimum absolute atomic E-state index is 0.364. The molecule has 0 atom stereocenters. The van der Waals surface area contributed by atoms with Gasteiger partial charge in [-0.05, 0) is 34.0 Å². The molecule has 0 aliphatic carbocycles. The number of allylic oxidation sites excluding steroid dienone is 4. The lowest BCUT2D eigenvalue weighted by Gasteiger charge is -2.17. The monoisotopic (exact) mass is 359 g/mol. The molecule has 0 fully saturated rings. The topological polar surface area (TPSA) is 29.5 Å². The number of anilines is 1. The molecule has 0 saturated heterocycles. The number of hydrogen-bond donors (Lipinski definition) is 0. The number of carbonyl (C=O) groups excluding carboxylic acids is 1. The number of rotatable bonds is 6. The van der Waals surface area contributed by atoms with E-state index < -0.39 is 0 Å². The lowest BCUT2D eigenvalue weighted by Crippen LogP contribution is -2.11. The summed E-state index contributed by atoms with van der Waals surface area (Å²) in [6.45, 7) is 3.58. The lowest BCUT2D eigenvalue weighted by molar-refractivity contribution is -0.135. The van der Waals surface area contributed by atoms with Crippen LogP contribution in [0, 0.1) is 0 Å². The first-order valence-corrected chi connectivity index (χ1v) is 7.82. The van der Waals surface area contributed by atoms with Crippen LogP contribution >= 0.6 is 39.2 Å². The second-order valence-electron chi connectivity index (χ2n) is 3.34. The van der Waals surface area contributed by atoms with Gasteiger partial charge in [-0.3, -0.25) is 0 Å². The highest BCUT2D eigenvalue weighted by atomic mass is 79.9. The smallest absolute Gasteiger partial charge is 0.346 e. The van der Waals surface area contributed by atoms with E-state index in [2.05, 4.69) is 22.5 Å². The van der Waals surface area contributed by atoms with E-state index in [1.807, 2.05) is 22.1 Å². The van der Waals surface area contributed by atoms with Gasteiger partial charge in [-0.2, -0.15) is 0 Å². The molecule has 0 spiro atoms. The van der Waals surface area contributed by atoms with Gasteiger partial charge in [0.15, 0.2) is 0 Å². The molecular formula is C13H14BrNO2S2. The fourth-order valence-electron chi connectivity index (χ4n) is 1.15. The van der Waals surface area contributed by atoms with Crippen LogP contribution < -0.4 is 4.31 Å². The Morgan fingerprint density at radius 1 is 1.53 bits per heavy atom. The van der Waals surface area contributed by atoms with Crippen LogP contribution in [0.3, 0.4) is 0 Å². The van der Waals surface area contributed by atoms with E-state index in [-0.39, 0.29) is 5.97 Å². The number of thiophene rings is 1. The molecule has 0 bridgehead atoms. The number of methoxy groups -OCH3 is 1. The van der Waals surface area contributed by atoms with Crippen LogP contribution in [0.4, 0.5) is 5.69 Å². The first kappa shape index (κ1) is 16.1. The molecule has 102 valence electrons. The summed E-state index contributed by atoms with van der Waals surface area (Å²) in [5, 5.41) is 4.00. The van der Waals surface area contributed by atoms with Crippen molar-refractivity contribution in [2.45, 2.75) is 0 Å². The zero-order chi connectivity index (χ0) is 14.3. The van der Waals surface area contributed by atoms with Crippen molar-refractivity contribution >= 4 is 50.9 Å². The number of esters is 1. The third-order valence-corrected chi connectivity index (χ3v) is 4.69. The minimum atomic E-state index is -0.364. The van der Waals surface area contributed by atoms with Gasteiger partial charge < -0.3 is 9.04 Å². The molecule has 0 aromatic carbocycles. The molecule has 19 heavy (non-hydrogen) atoms. The second-order valence-corrected chi connectivity index (χ2v) is 6.10. The molecule has 0 saturated carbocycles. The molecule has 0 amide bonds. The summed E-state index contributed by atoms with van der Waals surface area (Å²) >= 11 is 6.37. The Kier molecular flexibility index (Phi) is 6.97. The molecule has 1 aromatic rings. The lowest BCUT2D eigenvalue weighted by atomic mass is 10.4. The van der Waals surface area contributed by atoms with Crippen molar-refractivity contribution < 1.29 is 9.53 Å². The Hall–Kier alpha value is -0.980. The standard InChI is InChI=1S/C13H14BrNO2S2/c1-4-5-6-7-12(13(16)17-3)19-15(2)11-9-18-8-10(11)14/h4-9H,1H2,2-3H3/b6-5-,12-7-. The first-order valence-electron chi connectivity index (χ1n) is 5.31. The van der Waals surface area contributed by atoms with Crippen molar-refractivity contribution in [3.63, 3.8) is 0 Å². The Bertz CT molecular complexity index is 508. The second kappa shape index (κ2) is 8.24. The summed E-state index contributed by atoms with van der Waals surface area (Å²) in [5.41, 5.74) is 1.01. The Balaban J connectivity index is 2.86. The molecule has 1 aromatic heterocycles. The van der Waals surface area contributed by atoms with E-state index >= 15 is 0 Å². The van der Waals surface area contributed by atoms with Gasteiger partial charge in [-0.1, -0.05) is 24.8 Å². The SMILES string of the molecule is C=C/C=C\C=C(/SN(C)c1cscc1Br)C(=O)OC. The normalized spacial score (nSPS) is 11.6. The minimum Gasteiger partial charge on any atom is -0.465 e. The summed E-state index contributed by atoms with van der Waals surface area (Å²) in [6.07, 6.45) is 6.86. The maximum atomic E-state index is 11.7. The fourth-order valence-corrected chi connectivity index (χ4v) is 3.76. The fraction of sp³-hybridized carbons (Fsp3) is 0.154. The molecule has 0 radical (unpaired) electrons. The van der Waals surface area contributed by atoms with Crippen molar-refractivity contribution in [3.8, 4) is 0 Å². The van der Waals surface area contributed by atoms with E-state index in [1.54, 1.807) is 35.6 Å². The van der Waals surface area contributed by atoms with Gasteiger partial charge in [0.05, 0.1) is 17.3 Å². The summed E-state index contributed by atoms with van der Waals surface area (Å²) in [7, 11) is 3.26. The van der Waals surface area contributed by atoms with Gasteiger partial charge in [0.1, 0.15) is 4.91 Å². The number of halogens is 1. The predicted octanol–water partition coefficient (Wildman–Crippen LogP) is 4.39. The number of ether oxygens (including phenoxy) is 1. The van der Waals surface area contributed by atoms with Crippen LogP contribution in [-0.4, -0.2) is 20.1 Å². The first-order chi connectivity index (χ1) is 9.10. The van der Waals surface area contributed by atoms with Gasteiger partial charge in [0.25, 0.3) is 0 Å². The summed E-state index contributed by atoms with van der Waals surface area (Å²) in [4.78, 5) is 12.2. The van der Waals surface area contributed by atoms with E-state index in [0.29, 0.717) is 4.91 Å². The maximum absolute atomic E-state index is 11.7. The molecule has 0 aliphatic heterocycles. The van der Waals surface area contributed by atoms with Crippen LogP contribution in [0.15, 0.2) is 51.0 Å². The van der Waals surface area contributed by atoms with E-state index in [1.165, 1.54) is 19.1 Å². The van der Waals surface area contributed by atoms with Crippen molar-refractivity contribution in [3.05, 3.63) is 51.0 Å². The Morgan fingerprint density at radius 3 is 2.79 bits per heavy atom. The average molecular weight is 360 g/mol. The van der Waals surface area contributed by atoms with Gasteiger partial charge in [-0.15, -0.1) is 11.3 Å². The summed E-state index contributed by atoms with van der Waals surface area (Å²) < 4.78 is 7.67. The molecule has 6 heteroatoms. The molecule has 0 N–H and O–H groups in total. The third kappa shape index (κ3) is 4.89. The van der Waals surface area contributed by atoms with Crippen LogP contribution in [0.25, 0.3) is 0 Å². The Morgan fingerprint density at radius 2 is 2.26 bits per heavy atom. The van der Waals surface area contributed by atoms with E-state index in [9.17, 15) is 4.79 Å². The molecule has 3 nitrogen and oxygen atoms in total. The highest BCUT2D eigenvalue weighted by Crippen LogP contribution is 2.35. The van der Waals surface area contributed by atoms with Crippen molar-refractivity contribution in [1.29, 1.82) is 0 Å². The highest BCUT2D eigenvalue weighted by Gasteiger charge is 2.15. The number of carbonyl (C=O) groups is 1. The molecule has 1 heterocycles. The summed E-state index contributed by atoms with van der Waals surface area (Å²) in [6, 6.07) is 0. The third-order valence-electron chi connectivity index (χ3n) is 2.05. The van der Waals surface area contributed by atoms with Gasteiger partial charge in [0.2, 0.25) is 0 Å².